The first-order valence-electron chi connectivity index (χ1n) is 10.7. The molecule has 0 spiro atoms. The number of sulfone groups is 1. The maximum absolute atomic E-state index is 13.3. The fourth-order valence-corrected chi connectivity index (χ4v) is 5.60. The summed E-state index contributed by atoms with van der Waals surface area (Å²) in [6.07, 6.45) is 4.69. The highest BCUT2D eigenvalue weighted by Gasteiger charge is 2.28. The van der Waals surface area contributed by atoms with Crippen molar-refractivity contribution in [2.75, 3.05) is 5.32 Å². The van der Waals surface area contributed by atoms with E-state index in [1.165, 1.54) is 23.8 Å². The number of nitrogens with zero attached hydrogens (tertiary/aromatic N) is 4. The number of rotatable bonds is 4. The number of para-hydroxylation sites is 1. The molecule has 2 aromatic carbocycles. The summed E-state index contributed by atoms with van der Waals surface area (Å²) >= 11 is 0. The SMILES string of the molecule is Cc1ccc(S(=O)(=O)c2nnn3c2nc(N[C@H]2CCCC[C@@H]2C)c2ccccc23)cc1. The Balaban J connectivity index is 1.68. The third-order valence-corrected chi connectivity index (χ3v) is 7.91. The van der Waals surface area contributed by atoms with E-state index in [0.29, 0.717) is 17.8 Å². The van der Waals surface area contributed by atoms with Gasteiger partial charge < -0.3 is 5.32 Å². The second-order valence-corrected chi connectivity index (χ2v) is 10.3. The number of aromatic nitrogens is 4. The first kappa shape index (κ1) is 19.9. The lowest BCUT2D eigenvalue weighted by atomic mass is 9.86. The fourth-order valence-electron chi connectivity index (χ4n) is 4.36. The van der Waals surface area contributed by atoms with Crippen LogP contribution >= 0.6 is 0 Å². The molecule has 1 aliphatic rings. The third-order valence-electron chi connectivity index (χ3n) is 6.24. The molecule has 2 heterocycles. The van der Waals surface area contributed by atoms with Gasteiger partial charge in [-0.3, -0.25) is 0 Å². The van der Waals surface area contributed by atoms with Crippen LogP contribution in [0.2, 0.25) is 0 Å². The average molecular weight is 436 g/mol. The molecule has 0 amide bonds. The van der Waals surface area contributed by atoms with Crippen molar-refractivity contribution < 1.29 is 8.42 Å². The maximum atomic E-state index is 13.3. The lowest BCUT2D eigenvalue weighted by molar-refractivity contribution is 0.349. The Morgan fingerprint density at radius 1 is 1.03 bits per heavy atom. The lowest BCUT2D eigenvalue weighted by Gasteiger charge is -2.30. The van der Waals surface area contributed by atoms with Crippen LogP contribution in [0.15, 0.2) is 58.5 Å². The second-order valence-electron chi connectivity index (χ2n) is 8.44. The van der Waals surface area contributed by atoms with Gasteiger partial charge in [0, 0.05) is 11.4 Å². The second kappa shape index (κ2) is 7.60. The Morgan fingerprint density at radius 3 is 2.55 bits per heavy atom. The van der Waals surface area contributed by atoms with Gasteiger partial charge in [-0.25, -0.2) is 13.4 Å². The van der Waals surface area contributed by atoms with Gasteiger partial charge in [0.2, 0.25) is 14.9 Å². The summed E-state index contributed by atoms with van der Waals surface area (Å²) in [4.78, 5) is 4.93. The summed E-state index contributed by atoms with van der Waals surface area (Å²) in [5, 5.41) is 12.6. The Kier molecular flexibility index (Phi) is 4.89. The van der Waals surface area contributed by atoms with Crippen molar-refractivity contribution in [3.63, 3.8) is 0 Å². The van der Waals surface area contributed by atoms with Crippen LogP contribution in [-0.2, 0) is 9.84 Å². The van der Waals surface area contributed by atoms with Gasteiger partial charge in [0.15, 0.2) is 5.65 Å². The largest absolute Gasteiger partial charge is 0.366 e. The standard InChI is InChI=1S/C23H25N5O2S/c1-15-11-13-17(14-12-15)31(29,30)23-22-25-21(24-19-9-5-3-7-16(19)2)18-8-4-6-10-20(18)28(22)27-26-23/h4,6,8,10-14,16,19H,3,5,7,9H2,1-2H3,(H,24,25)/t16-,19-/m0/s1. The topological polar surface area (TPSA) is 89.2 Å². The fraction of sp³-hybridized carbons (Fsp3) is 0.348. The number of hydrogen-bond donors (Lipinski definition) is 1. The predicted octanol–water partition coefficient (Wildman–Crippen LogP) is 4.41. The number of fused-ring (bicyclic) bond motifs is 3. The number of nitrogens with one attached hydrogen (secondary N) is 1. The molecule has 4 aromatic rings. The van der Waals surface area contributed by atoms with Gasteiger partial charge in [-0.15, -0.1) is 5.10 Å². The van der Waals surface area contributed by atoms with E-state index in [-0.39, 0.29) is 15.6 Å². The van der Waals surface area contributed by atoms with Crippen molar-refractivity contribution in [2.24, 2.45) is 5.92 Å². The molecule has 0 bridgehead atoms. The van der Waals surface area contributed by atoms with Crippen molar-refractivity contribution in [3.8, 4) is 0 Å². The molecular formula is C23H25N5O2S. The van der Waals surface area contributed by atoms with Gasteiger partial charge in [0.1, 0.15) is 5.82 Å². The van der Waals surface area contributed by atoms with E-state index in [4.69, 9.17) is 4.98 Å². The molecule has 0 aliphatic heterocycles. The first-order chi connectivity index (χ1) is 14.9. The molecular weight excluding hydrogens is 410 g/mol. The summed E-state index contributed by atoms with van der Waals surface area (Å²) in [7, 11) is -3.85. The van der Waals surface area contributed by atoms with Gasteiger partial charge >= 0.3 is 0 Å². The molecule has 31 heavy (non-hydrogen) atoms. The summed E-state index contributed by atoms with van der Waals surface area (Å²) < 4.78 is 28.2. The highest BCUT2D eigenvalue weighted by molar-refractivity contribution is 7.91. The zero-order valence-electron chi connectivity index (χ0n) is 17.6. The zero-order chi connectivity index (χ0) is 21.6. The zero-order valence-corrected chi connectivity index (χ0v) is 18.4. The predicted molar refractivity (Wildman–Crippen MR) is 120 cm³/mol. The highest BCUT2D eigenvalue weighted by Crippen LogP contribution is 2.31. The molecule has 1 saturated carbocycles. The van der Waals surface area contributed by atoms with Gasteiger partial charge in [0.25, 0.3) is 0 Å². The minimum Gasteiger partial charge on any atom is -0.366 e. The number of anilines is 1. The molecule has 1 N–H and O–H groups in total. The third kappa shape index (κ3) is 3.44. The van der Waals surface area contributed by atoms with Crippen LogP contribution in [-0.4, -0.2) is 34.3 Å². The molecule has 1 fully saturated rings. The lowest BCUT2D eigenvalue weighted by Crippen LogP contribution is -2.30. The monoisotopic (exact) mass is 435 g/mol. The molecule has 8 heteroatoms. The van der Waals surface area contributed by atoms with Crippen LogP contribution in [0.25, 0.3) is 16.6 Å². The molecule has 5 rings (SSSR count). The molecule has 1 aliphatic carbocycles. The summed E-state index contributed by atoms with van der Waals surface area (Å²) in [5.41, 5.74) is 2.01. The highest BCUT2D eigenvalue weighted by atomic mass is 32.2. The van der Waals surface area contributed by atoms with Crippen LogP contribution in [0, 0.1) is 12.8 Å². The minimum atomic E-state index is -3.85. The van der Waals surface area contributed by atoms with E-state index in [2.05, 4.69) is 22.6 Å². The smallest absolute Gasteiger partial charge is 0.229 e. The van der Waals surface area contributed by atoms with Crippen LogP contribution in [0.5, 0.6) is 0 Å². The van der Waals surface area contributed by atoms with Crippen molar-refractivity contribution in [3.05, 3.63) is 54.1 Å². The van der Waals surface area contributed by atoms with Crippen LogP contribution < -0.4 is 5.32 Å². The van der Waals surface area contributed by atoms with E-state index >= 15 is 0 Å². The van der Waals surface area contributed by atoms with Crippen LogP contribution in [0.4, 0.5) is 5.82 Å². The first-order valence-corrected chi connectivity index (χ1v) is 12.2. The van der Waals surface area contributed by atoms with E-state index in [0.717, 1.165) is 22.9 Å². The van der Waals surface area contributed by atoms with Gasteiger partial charge in [0.05, 0.1) is 10.4 Å². The van der Waals surface area contributed by atoms with Crippen molar-refractivity contribution in [1.29, 1.82) is 0 Å². The average Bonchev–Trinajstić information content (AvgIpc) is 3.21. The minimum absolute atomic E-state index is 0.123. The van der Waals surface area contributed by atoms with Crippen LogP contribution in [0.3, 0.4) is 0 Å². The Bertz CT molecular complexity index is 1360. The summed E-state index contributed by atoms with van der Waals surface area (Å²) in [5.74, 6) is 1.22. The number of benzene rings is 2. The summed E-state index contributed by atoms with van der Waals surface area (Å²) in [6.45, 7) is 4.17. The van der Waals surface area contributed by atoms with E-state index < -0.39 is 9.84 Å². The van der Waals surface area contributed by atoms with Gasteiger partial charge in [-0.1, -0.05) is 54.8 Å². The molecule has 7 nitrogen and oxygen atoms in total. The van der Waals surface area contributed by atoms with Crippen molar-refractivity contribution in [1.82, 2.24) is 19.8 Å². The molecule has 160 valence electrons. The van der Waals surface area contributed by atoms with Crippen LogP contribution in [0.1, 0.15) is 38.2 Å². The van der Waals surface area contributed by atoms with Crippen molar-refractivity contribution in [2.45, 2.75) is 55.5 Å². The molecule has 2 atom stereocenters. The molecule has 0 unspecified atom stereocenters. The number of hydrogen-bond acceptors (Lipinski definition) is 6. The Morgan fingerprint density at radius 2 is 1.77 bits per heavy atom. The molecule has 2 aromatic heterocycles. The van der Waals surface area contributed by atoms with Gasteiger partial charge in [-0.2, -0.15) is 4.52 Å². The maximum Gasteiger partial charge on any atom is 0.229 e. The number of aryl methyl sites for hydroxylation is 1. The van der Waals surface area contributed by atoms with E-state index in [9.17, 15) is 8.42 Å². The normalized spacial score (nSPS) is 19.7. The molecule has 0 saturated heterocycles. The Hall–Kier alpha value is -3.00. The Labute approximate surface area is 181 Å². The quantitative estimate of drug-likeness (QED) is 0.511. The van der Waals surface area contributed by atoms with E-state index in [1.54, 1.807) is 24.3 Å². The van der Waals surface area contributed by atoms with Gasteiger partial charge in [-0.05, 0) is 49.9 Å². The summed E-state index contributed by atoms with van der Waals surface area (Å²) in [6, 6.07) is 14.8. The molecule has 0 radical (unpaired) electrons. The van der Waals surface area contributed by atoms with Crippen molar-refractivity contribution >= 4 is 32.2 Å². The van der Waals surface area contributed by atoms with E-state index in [1.807, 2.05) is 31.2 Å².